The molecule has 0 aliphatic carbocycles. The summed E-state index contributed by atoms with van der Waals surface area (Å²) in [6.07, 6.45) is 2.77. The van der Waals surface area contributed by atoms with Crippen LogP contribution in [-0.4, -0.2) is 34.2 Å². The van der Waals surface area contributed by atoms with E-state index in [1.165, 1.54) is 23.0 Å². The number of carbonyl (C=O) groups is 2. The number of hydrogen-bond donors (Lipinski definition) is 1. The minimum absolute atomic E-state index is 0.195. The summed E-state index contributed by atoms with van der Waals surface area (Å²) in [6.45, 7) is 3.86. The van der Waals surface area contributed by atoms with Gasteiger partial charge in [0.2, 0.25) is 5.91 Å². The summed E-state index contributed by atoms with van der Waals surface area (Å²) in [5, 5.41) is 2.59. The third-order valence-corrected chi connectivity index (χ3v) is 4.49. The molecule has 1 amide bonds. The molecule has 0 aliphatic rings. The van der Waals surface area contributed by atoms with Gasteiger partial charge in [0.05, 0.1) is 24.5 Å². The molecule has 0 fully saturated rings. The Morgan fingerprint density at radius 1 is 0.906 bits per heavy atom. The van der Waals surface area contributed by atoms with Gasteiger partial charge < -0.3 is 14.8 Å². The van der Waals surface area contributed by atoms with E-state index in [2.05, 4.69) is 5.32 Å². The van der Waals surface area contributed by atoms with Crippen molar-refractivity contribution in [2.45, 2.75) is 20.4 Å². The minimum atomic E-state index is -0.852. The summed E-state index contributed by atoms with van der Waals surface area (Å²) < 4.78 is 12.6. The minimum Gasteiger partial charge on any atom is -0.494 e. The largest absolute Gasteiger partial charge is 0.494 e. The SMILES string of the molecule is CCOC(=O)c1ccccc1NC(=O)Cn1ccn(-c2ccc(OCC)cc2)c(=O)c1=O. The van der Waals surface area contributed by atoms with Crippen molar-refractivity contribution in [1.29, 1.82) is 0 Å². The molecule has 9 heteroatoms. The van der Waals surface area contributed by atoms with Crippen LogP contribution in [-0.2, 0) is 16.1 Å². The molecule has 1 heterocycles. The second kappa shape index (κ2) is 10.3. The van der Waals surface area contributed by atoms with Crippen LogP contribution in [0.2, 0.25) is 0 Å². The number of carbonyl (C=O) groups excluding carboxylic acids is 2. The first kappa shape index (κ1) is 22.5. The Hall–Kier alpha value is -4.14. The fraction of sp³-hybridized carbons (Fsp3) is 0.217. The maximum absolute atomic E-state index is 12.6. The topological polar surface area (TPSA) is 109 Å². The van der Waals surface area contributed by atoms with Crippen molar-refractivity contribution >= 4 is 17.6 Å². The number of amides is 1. The van der Waals surface area contributed by atoms with Crippen molar-refractivity contribution in [3.63, 3.8) is 0 Å². The highest BCUT2D eigenvalue weighted by atomic mass is 16.5. The van der Waals surface area contributed by atoms with Crippen LogP contribution in [0.15, 0.2) is 70.5 Å². The second-order valence-corrected chi connectivity index (χ2v) is 6.65. The van der Waals surface area contributed by atoms with E-state index in [1.54, 1.807) is 49.4 Å². The Balaban J connectivity index is 1.78. The van der Waals surface area contributed by atoms with Gasteiger partial charge in [0.1, 0.15) is 12.3 Å². The molecule has 0 atom stereocenters. The molecule has 2 aromatic carbocycles. The average molecular weight is 437 g/mol. The van der Waals surface area contributed by atoms with Gasteiger partial charge in [0.25, 0.3) is 0 Å². The number of anilines is 1. The molecule has 0 saturated carbocycles. The van der Waals surface area contributed by atoms with Crippen LogP contribution >= 0.6 is 0 Å². The van der Waals surface area contributed by atoms with Gasteiger partial charge in [-0.1, -0.05) is 12.1 Å². The van der Waals surface area contributed by atoms with Gasteiger partial charge in [-0.05, 0) is 50.2 Å². The monoisotopic (exact) mass is 437 g/mol. The van der Waals surface area contributed by atoms with Crippen LogP contribution in [0.4, 0.5) is 5.69 Å². The van der Waals surface area contributed by atoms with E-state index in [9.17, 15) is 19.2 Å². The number of nitrogens with zero attached hydrogens (tertiary/aromatic N) is 2. The van der Waals surface area contributed by atoms with Crippen LogP contribution in [0.1, 0.15) is 24.2 Å². The van der Waals surface area contributed by atoms with E-state index in [4.69, 9.17) is 9.47 Å². The van der Waals surface area contributed by atoms with Gasteiger partial charge in [-0.25, -0.2) is 4.79 Å². The average Bonchev–Trinajstić information content (AvgIpc) is 2.78. The number of benzene rings is 2. The number of aromatic nitrogens is 2. The fourth-order valence-corrected chi connectivity index (χ4v) is 3.03. The van der Waals surface area contributed by atoms with Gasteiger partial charge in [-0.3, -0.25) is 23.5 Å². The van der Waals surface area contributed by atoms with E-state index in [-0.39, 0.29) is 17.9 Å². The third kappa shape index (κ3) is 5.12. The quantitative estimate of drug-likeness (QED) is 0.428. The lowest BCUT2D eigenvalue weighted by molar-refractivity contribution is -0.116. The van der Waals surface area contributed by atoms with Crippen molar-refractivity contribution < 1.29 is 19.1 Å². The number of ether oxygens (including phenoxy) is 2. The number of esters is 1. The van der Waals surface area contributed by atoms with Crippen molar-refractivity contribution in [2.24, 2.45) is 0 Å². The maximum atomic E-state index is 12.6. The molecule has 1 aromatic heterocycles. The second-order valence-electron chi connectivity index (χ2n) is 6.65. The van der Waals surface area contributed by atoms with Gasteiger partial charge >= 0.3 is 17.1 Å². The predicted octanol–water partition coefficient (Wildman–Crippen LogP) is 2.21. The van der Waals surface area contributed by atoms with Gasteiger partial charge in [-0.15, -0.1) is 0 Å². The molecule has 0 spiro atoms. The number of hydrogen-bond acceptors (Lipinski definition) is 6. The molecule has 166 valence electrons. The zero-order valence-electron chi connectivity index (χ0n) is 17.7. The molecule has 1 N–H and O–H groups in total. The molecule has 0 saturated heterocycles. The van der Waals surface area contributed by atoms with Crippen LogP contribution in [0, 0.1) is 0 Å². The van der Waals surface area contributed by atoms with Crippen molar-refractivity contribution in [1.82, 2.24) is 9.13 Å². The zero-order chi connectivity index (χ0) is 23.1. The van der Waals surface area contributed by atoms with E-state index >= 15 is 0 Å². The van der Waals surface area contributed by atoms with Crippen molar-refractivity contribution in [3.8, 4) is 11.4 Å². The third-order valence-electron chi connectivity index (χ3n) is 4.49. The number of rotatable bonds is 8. The zero-order valence-corrected chi connectivity index (χ0v) is 17.7. The maximum Gasteiger partial charge on any atom is 0.340 e. The Labute approximate surface area is 183 Å². The highest BCUT2D eigenvalue weighted by Crippen LogP contribution is 2.16. The predicted molar refractivity (Wildman–Crippen MR) is 118 cm³/mol. The summed E-state index contributed by atoms with van der Waals surface area (Å²) >= 11 is 0. The van der Waals surface area contributed by atoms with Crippen molar-refractivity contribution in [3.05, 3.63) is 87.2 Å². The van der Waals surface area contributed by atoms with Crippen LogP contribution in [0.25, 0.3) is 5.69 Å². The lowest BCUT2D eigenvalue weighted by Crippen LogP contribution is -2.41. The first-order valence-corrected chi connectivity index (χ1v) is 10.1. The van der Waals surface area contributed by atoms with Gasteiger partial charge in [-0.2, -0.15) is 0 Å². The number of para-hydroxylation sites is 1. The van der Waals surface area contributed by atoms with Crippen molar-refractivity contribution in [2.75, 3.05) is 18.5 Å². The molecule has 0 bridgehead atoms. The Morgan fingerprint density at radius 2 is 1.62 bits per heavy atom. The molecule has 0 unspecified atom stereocenters. The molecule has 32 heavy (non-hydrogen) atoms. The summed E-state index contributed by atoms with van der Waals surface area (Å²) in [7, 11) is 0. The Bertz CT molecular complexity index is 1230. The molecule has 3 rings (SSSR count). The smallest absolute Gasteiger partial charge is 0.340 e. The fourth-order valence-electron chi connectivity index (χ4n) is 3.03. The van der Waals surface area contributed by atoms with Crippen LogP contribution in [0.5, 0.6) is 5.75 Å². The summed E-state index contributed by atoms with van der Waals surface area (Å²) in [5.41, 5.74) is -0.699. The normalized spacial score (nSPS) is 10.4. The lowest BCUT2D eigenvalue weighted by atomic mass is 10.2. The molecular weight excluding hydrogens is 414 g/mol. The number of nitrogens with one attached hydrogen (secondary N) is 1. The van der Waals surface area contributed by atoms with E-state index < -0.39 is 29.5 Å². The Morgan fingerprint density at radius 3 is 2.31 bits per heavy atom. The standard InChI is InChI=1S/C23H23N3O6/c1-3-31-17-11-9-16(10-12-17)26-14-13-25(21(28)22(26)29)15-20(27)24-19-8-6-5-7-18(19)23(30)32-4-2/h5-14H,3-4,15H2,1-2H3,(H,24,27). The molecule has 0 aliphatic heterocycles. The Kier molecular flexibility index (Phi) is 7.22. The first-order valence-electron chi connectivity index (χ1n) is 10.1. The van der Waals surface area contributed by atoms with Gasteiger partial charge in [0.15, 0.2) is 0 Å². The summed E-state index contributed by atoms with van der Waals surface area (Å²) in [6, 6.07) is 13.1. The highest BCUT2D eigenvalue weighted by Gasteiger charge is 2.15. The summed E-state index contributed by atoms with van der Waals surface area (Å²) in [4.78, 5) is 49.6. The first-order chi connectivity index (χ1) is 15.4. The van der Waals surface area contributed by atoms with E-state index in [0.29, 0.717) is 18.0 Å². The van der Waals surface area contributed by atoms with Gasteiger partial charge in [0, 0.05) is 18.1 Å². The molecular formula is C23H23N3O6. The lowest BCUT2D eigenvalue weighted by Gasteiger charge is -2.12. The van der Waals surface area contributed by atoms with Crippen LogP contribution in [0.3, 0.4) is 0 Å². The molecule has 3 aromatic rings. The molecule has 9 nitrogen and oxygen atoms in total. The molecule has 0 radical (unpaired) electrons. The summed E-state index contributed by atoms with van der Waals surface area (Å²) in [5.74, 6) is -0.488. The highest BCUT2D eigenvalue weighted by molar-refractivity contribution is 6.01. The van der Waals surface area contributed by atoms with Crippen LogP contribution < -0.4 is 21.2 Å². The van der Waals surface area contributed by atoms with E-state index in [1.807, 2.05) is 6.92 Å². The van der Waals surface area contributed by atoms with E-state index in [0.717, 1.165) is 4.57 Å².